The third-order valence-electron chi connectivity index (χ3n) is 3.99. The van der Waals surface area contributed by atoms with Gasteiger partial charge in [-0.3, -0.25) is 0 Å². The largest absolute Gasteiger partial charge is 0.444 e. The molecule has 140 valence electrons. The molecule has 0 unspecified atom stereocenters. The number of hydrogen-bond donors (Lipinski definition) is 1. The molecule has 0 spiro atoms. The van der Waals surface area contributed by atoms with Gasteiger partial charge in [-0.15, -0.1) is 0 Å². The summed E-state index contributed by atoms with van der Waals surface area (Å²) in [5, 5.41) is 3.03. The number of benzene rings is 1. The number of anilines is 1. The van der Waals surface area contributed by atoms with Gasteiger partial charge in [-0.25, -0.2) is 4.79 Å². The van der Waals surface area contributed by atoms with Crippen LogP contribution in [0.1, 0.15) is 45.6 Å². The lowest BCUT2D eigenvalue weighted by Crippen LogP contribution is -2.48. The fraction of sp³-hybridized carbons (Fsp3) is 0.611. The van der Waals surface area contributed by atoms with E-state index in [0.717, 1.165) is 31.4 Å². The van der Waals surface area contributed by atoms with E-state index in [1.807, 2.05) is 20.8 Å². The van der Waals surface area contributed by atoms with Crippen molar-refractivity contribution >= 4 is 11.8 Å². The minimum absolute atomic E-state index is 0.0989. The fourth-order valence-corrected chi connectivity index (χ4v) is 2.81. The summed E-state index contributed by atoms with van der Waals surface area (Å²) in [6, 6.07) is 4.99. The van der Waals surface area contributed by atoms with Crippen molar-refractivity contribution in [1.29, 1.82) is 0 Å². The molecule has 1 saturated heterocycles. The third-order valence-corrected chi connectivity index (χ3v) is 3.99. The summed E-state index contributed by atoms with van der Waals surface area (Å²) in [5.74, 6) is 0. The van der Waals surface area contributed by atoms with Crippen molar-refractivity contribution in [2.24, 2.45) is 0 Å². The first kappa shape index (κ1) is 19.4. The minimum atomic E-state index is -4.37. The molecule has 2 rings (SSSR count). The summed E-state index contributed by atoms with van der Waals surface area (Å²) in [4.78, 5) is 14.0. The molecule has 0 saturated carbocycles. The maximum Gasteiger partial charge on any atom is 0.416 e. The van der Waals surface area contributed by atoms with Gasteiger partial charge in [-0.05, 0) is 58.2 Å². The van der Waals surface area contributed by atoms with E-state index in [4.69, 9.17) is 4.74 Å². The van der Waals surface area contributed by atoms with Crippen LogP contribution in [0.5, 0.6) is 0 Å². The first-order valence-corrected chi connectivity index (χ1v) is 8.47. The average Bonchev–Trinajstić information content (AvgIpc) is 2.51. The number of likely N-dealkylation sites (tertiary alicyclic amines) is 1. The van der Waals surface area contributed by atoms with E-state index in [-0.39, 0.29) is 12.1 Å². The summed E-state index contributed by atoms with van der Waals surface area (Å²) in [6.45, 7) is 6.42. The summed E-state index contributed by atoms with van der Waals surface area (Å²) in [7, 11) is 0. The number of nitrogens with one attached hydrogen (secondary N) is 1. The predicted octanol–water partition coefficient (Wildman–Crippen LogP) is 4.91. The van der Waals surface area contributed by atoms with Gasteiger partial charge < -0.3 is 15.0 Å². The normalized spacial score (nSPS) is 18.8. The highest BCUT2D eigenvalue weighted by Gasteiger charge is 2.32. The Bertz CT molecular complexity index is 597. The Morgan fingerprint density at radius 2 is 2.00 bits per heavy atom. The number of carbonyl (C=O) groups is 1. The molecule has 1 aromatic carbocycles. The van der Waals surface area contributed by atoms with Crippen LogP contribution in [0.4, 0.5) is 23.7 Å². The summed E-state index contributed by atoms with van der Waals surface area (Å²) >= 11 is 0. The zero-order valence-corrected chi connectivity index (χ0v) is 14.8. The Hall–Kier alpha value is -1.92. The molecule has 1 aliphatic heterocycles. The number of halogens is 3. The maximum atomic E-state index is 12.8. The number of alkyl halides is 3. The van der Waals surface area contributed by atoms with Gasteiger partial charge in [0.15, 0.2) is 0 Å². The lowest BCUT2D eigenvalue weighted by molar-refractivity contribution is -0.137. The molecule has 1 atom stereocenters. The molecular formula is C18H25F3N2O2. The van der Waals surface area contributed by atoms with Crippen molar-refractivity contribution in [3.63, 3.8) is 0 Å². The average molecular weight is 358 g/mol. The van der Waals surface area contributed by atoms with E-state index in [1.165, 1.54) is 6.07 Å². The number of carbonyl (C=O) groups excluding carboxylic acids is 1. The van der Waals surface area contributed by atoms with E-state index in [0.29, 0.717) is 18.8 Å². The third kappa shape index (κ3) is 5.83. The van der Waals surface area contributed by atoms with Gasteiger partial charge in [0.25, 0.3) is 0 Å². The highest BCUT2D eigenvalue weighted by Crippen LogP contribution is 2.31. The van der Waals surface area contributed by atoms with E-state index < -0.39 is 17.3 Å². The smallest absolute Gasteiger partial charge is 0.416 e. The van der Waals surface area contributed by atoms with Gasteiger partial charge in [-0.2, -0.15) is 13.2 Å². The number of rotatable bonds is 3. The number of ether oxygens (including phenoxy) is 1. The molecule has 0 bridgehead atoms. The van der Waals surface area contributed by atoms with Crippen molar-refractivity contribution < 1.29 is 22.7 Å². The minimum Gasteiger partial charge on any atom is -0.444 e. The zero-order chi connectivity index (χ0) is 18.7. The lowest BCUT2D eigenvalue weighted by atomic mass is 10.0. The molecule has 1 heterocycles. The Kier molecular flexibility index (Phi) is 5.85. The summed E-state index contributed by atoms with van der Waals surface area (Å²) in [5.41, 5.74) is -0.872. The highest BCUT2D eigenvalue weighted by atomic mass is 19.4. The first-order valence-electron chi connectivity index (χ1n) is 8.47. The van der Waals surface area contributed by atoms with Gasteiger partial charge in [0.1, 0.15) is 5.60 Å². The van der Waals surface area contributed by atoms with Crippen molar-refractivity contribution in [3.8, 4) is 0 Å². The van der Waals surface area contributed by atoms with Crippen LogP contribution < -0.4 is 5.32 Å². The molecule has 1 N–H and O–H groups in total. The predicted molar refractivity (Wildman–Crippen MR) is 90.5 cm³/mol. The maximum absolute atomic E-state index is 12.8. The van der Waals surface area contributed by atoms with Crippen LogP contribution in [-0.4, -0.2) is 35.7 Å². The van der Waals surface area contributed by atoms with Gasteiger partial charge in [-0.1, -0.05) is 6.07 Å². The molecule has 1 fully saturated rings. The Morgan fingerprint density at radius 1 is 1.28 bits per heavy atom. The Labute approximate surface area is 146 Å². The van der Waals surface area contributed by atoms with Gasteiger partial charge >= 0.3 is 12.3 Å². The fourth-order valence-electron chi connectivity index (χ4n) is 2.81. The second-order valence-corrected chi connectivity index (χ2v) is 7.28. The Balaban J connectivity index is 2.01. The number of hydrogen-bond acceptors (Lipinski definition) is 3. The molecule has 0 aliphatic carbocycles. The van der Waals surface area contributed by atoms with Crippen LogP contribution >= 0.6 is 0 Å². The molecule has 1 amide bonds. The van der Waals surface area contributed by atoms with E-state index in [2.05, 4.69) is 5.32 Å². The van der Waals surface area contributed by atoms with E-state index >= 15 is 0 Å². The molecular weight excluding hydrogens is 333 g/mol. The van der Waals surface area contributed by atoms with E-state index in [1.54, 1.807) is 11.0 Å². The molecule has 0 aromatic heterocycles. The van der Waals surface area contributed by atoms with Crippen LogP contribution in [0.15, 0.2) is 24.3 Å². The van der Waals surface area contributed by atoms with E-state index in [9.17, 15) is 18.0 Å². The Morgan fingerprint density at radius 3 is 2.64 bits per heavy atom. The molecule has 1 aromatic rings. The van der Waals surface area contributed by atoms with Crippen LogP contribution in [0.3, 0.4) is 0 Å². The van der Waals surface area contributed by atoms with Crippen molar-refractivity contribution in [2.75, 3.05) is 18.4 Å². The first-order chi connectivity index (χ1) is 11.6. The zero-order valence-electron chi connectivity index (χ0n) is 14.8. The molecule has 0 radical (unpaired) electrons. The number of amides is 1. The second-order valence-electron chi connectivity index (χ2n) is 7.28. The van der Waals surface area contributed by atoms with Crippen LogP contribution in [0.2, 0.25) is 0 Å². The molecule has 25 heavy (non-hydrogen) atoms. The highest BCUT2D eigenvalue weighted by molar-refractivity contribution is 5.68. The van der Waals surface area contributed by atoms with Crippen LogP contribution in [-0.2, 0) is 10.9 Å². The molecule has 4 nitrogen and oxygen atoms in total. The molecule has 7 heteroatoms. The summed E-state index contributed by atoms with van der Waals surface area (Å²) in [6.07, 6.45) is -2.06. The SMILES string of the molecule is CC(C)(C)OC(=O)N1CCCC[C@H]1CNc1cccc(C(F)(F)F)c1. The molecule has 1 aliphatic rings. The number of piperidine rings is 1. The second kappa shape index (κ2) is 7.54. The van der Waals surface area contributed by atoms with Crippen molar-refractivity contribution in [3.05, 3.63) is 29.8 Å². The topological polar surface area (TPSA) is 41.6 Å². The van der Waals surface area contributed by atoms with Crippen LogP contribution in [0.25, 0.3) is 0 Å². The van der Waals surface area contributed by atoms with Crippen LogP contribution in [0, 0.1) is 0 Å². The monoisotopic (exact) mass is 358 g/mol. The van der Waals surface area contributed by atoms with Gasteiger partial charge in [0, 0.05) is 18.8 Å². The van der Waals surface area contributed by atoms with Gasteiger partial charge in [0.2, 0.25) is 0 Å². The summed E-state index contributed by atoms with van der Waals surface area (Å²) < 4.78 is 43.8. The van der Waals surface area contributed by atoms with Gasteiger partial charge in [0.05, 0.1) is 11.6 Å². The quantitative estimate of drug-likeness (QED) is 0.835. The van der Waals surface area contributed by atoms with Crippen molar-refractivity contribution in [1.82, 2.24) is 4.90 Å². The van der Waals surface area contributed by atoms with Crippen molar-refractivity contribution in [2.45, 2.75) is 57.9 Å². The standard InChI is InChI=1S/C18H25F3N2O2/c1-17(2,3)25-16(24)23-10-5-4-9-15(23)12-22-14-8-6-7-13(11-14)18(19,20)21/h6-8,11,15,22H,4-5,9-10,12H2,1-3H3/t15-/m0/s1. The lowest BCUT2D eigenvalue weighted by Gasteiger charge is -2.37. The number of nitrogens with zero attached hydrogens (tertiary/aromatic N) is 1.